The Morgan fingerprint density at radius 3 is 2.06 bits per heavy atom. The van der Waals surface area contributed by atoms with Gasteiger partial charge in [-0.1, -0.05) is 13.8 Å². The molecule has 4 heterocycles. The van der Waals surface area contributed by atoms with Gasteiger partial charge in [-0.2, -0.15) is 0 Å². The molecule has 0 fully saturated rings. The number of aliphatic imine (C=N–C) groups is 2. The number of hydrogen-bond acceptors (Lipinski definition) is 8. The van der Waals surface area contributed by atoms with Crippen molar-refractivity contribution >= 4 is 11.7 Å². The lowest BCUT2D eigenvalue weighted by molar-refractivity contribution is -2.00. The minimum absolute atomic E-state index is 0.0408. The first kappa shape index (κ1) is 21.5. The predicted molar refractivity (Wildman–Crippen MR) is 106 cm³/mol. The highest BCUT2D eigenvalue weighted by molar-refractivity contribution is 5.99. The zero-order valence-corrected chi connectivity index (χ0v) is 18.3. The second-order valence-electron chi connectivity index (χ2n) is 8.31. The summed E-state index contributed by atoms with van der Waals surface area (Å²) in [4.78, 5) is 14.2. The number of rotatable bonds is 0. The van der Waals surface area contributed by atoms with E-state index < -0.39 is 10.2 Å². The molecule has 0 spiro atoms. The van der Waals surface area contributed by atoms with Gasteiger partial charge in [-0.3, -0.25) is 4.99 Å². The maximum Gasteiger partial charge on any atom is 0.137 e. The highest BCUT2D eigenvalue weighted by atomic mass is 35.7. The summed E-state index contributed by atoms with van der Waals surface area (Å²) in [7, 11) is -4.94. The molecule has 1 unspecified atom stereocenters. The number of hydrogen-bond donors (Lipinski definition) is 0. The molecule has 9 heteroatoms. The van der Waals surface area contributed by atoms with Gasteiger partial charge in [-0.15, -0.1) is 10.2 Å². The van der Waals surface area contributed by atoms with Crippen LogP contribution < -0.4 is 18.6 Å². The van der Waals surface area contributed by atoms with Crippen molar-refractivity contribution in [2.45, 2.75) is 33.7 Å². The normalized spacial score (nSPS) is 25.0. The molecule has 0 N–H and O–H groups in total. The van der Waals surface area contributed by atoms with Crippen molar-refractivity contribution in [3.05, 3.63) is 83.2 Å². The van der Waals surface area contributed by atoms with Crippen molar-refractivity contribution in [1.29, 1.82) is 0 Å². The van der Waals surface area contributed by atoms with Gasteiger partial charge in [0.15, 0.2) is 0 Å². The fraction of sp³-hybridized carbons (Fsp3) is 0.273. The first-order chi connectivity index (χ1) is 14.4. The fourth-order valence-corrected chi connectivity index (χ4v) is 4.01. The molecule has 0 radical (unpaired) electrons. The second-order valence-corrected chi connectivity index (χ2v) is 9.06. The van der Waals surface area contributed by atoms with Crippen LogP contribution in [0.3, 0.4) is 0 Å². The lowest BCUT2D eigenvalue weighted by atomic mass is 9.69. The molecule has 0 saturated heterocycles. The van der Waals surface area contributed by atoms with E-state index in [1.807, 2.05) is 0 Å². The molecule has 0 aromatic rings. The molecule has 0 aromatic heterocycles. The third-order valence-electron chi connectivity index (χ3n) is 5.60. The summed E-state index contributed by atoms with van der Waals surface area (Å²) in [5, 5.41) is 0. The zero-order chi connectivity index (χ0) is 22.6. The van der Waals surface area contributed by atoms with Gasteiger partial charge in [0.25, 0.3) is 0 Å². The van der Waals surface area contributed by atoms with Gasteiger partial charge in [0.05, 0.1) is 11.7 Å². The number of halogens is 1. The lowest BCUT2D eigenvalue weighted by Gasteiger charge is -2.43. The van der Waals surface area contributed by atoms with E-state index >= 15 is 0 Å². The van der Waals surface area contributed by atoms with Crippen LogP contribution in [-0.2, 0) is 0 Å². The summed E-state index contributed by atoms with van der Waals surface area (Å²) in [5.74, 6) is 1.98. The second kappa shape index (κ2) is 7.44. The Kier molecular flexibility index (Phi) is 5.15. The van der Waals surface area contributed by atoms with Crippen LogP contribution >= 0.6 is 0 Å². The lowest BCUT2D eigenvalue weighted by Crippen LogP contribution is -2.68. The number of amidine groups is 2. The van der Waals surface area contributed by atoms with Gasteiger partial charge in [-0.05, 0) is 60.9 Å². The third-order valence-corrected chi connectivity index (χ3v) is 5.60. The van der Waals surface area contributed by atoms with E-state index in [9.17, 15) is 0 Å². The Hall–Kier alpha value is -2.75. The predicted octanol–water partition coefficient (Wildman–Crippen LogP) is -0.334. The monoisotopic (exact) mass is 441 g/mol. The number of fused-ring (bicyclic) bond motifs is 4. The van der Waals surface area contributed by atoms with E-state index in [4.69, 9.17) is 28.6 Å². The van der Waals surface area contributed by atoms with Gasteiger partial charge in [0.1, 0.15) is 11.7 Å². The van der Waals surface area contributed by atoms with E-state index in [2.05, 4.69) is 92.7 Å². The van der Waals surface area contributed by atoms with Crippen LogP contribution in [-0.4, -0.2) is 27.5 Å². The quantitative estimate of drug-likeness (QED) is 0.507. The van der Waals surface area contributed by atoms with Gasteiger partial charge < -0.3 is 9.80 Å². The number of nitrogens with zero attached hydrogens (tertiary/aromatic N) is 4. The SMILES string of the molecule is CC1=CC2=NC3=CC4N=C5C=C(C)C=CN5C=C4C(C)(C)C3=CN2C=C1.[O-][Cl+3]([O-])([O-])[O-]. The van der Waals surface area contributed by atoms with E-state index in [1.54, 1.807) is 0 Å². The molecule has 31 heavy (non-hydrogen) atoms. The van der Waals surface area contributed by atoms with Crippen LogP contribution in [0, 0.1) is 15.7 Å². The van der Waals surface area contributed by atoms with Crippen LogP contribution in [0.4, 0.5) is 0 Å². The molecule has 1 aliphatic carbocycles. The molecular formula is C22H22ClN4O4-. The molecular weight excluding hydrogens is 420 g/mol. The fourth-order valence-electron chi connectivity index (χ4n) is 4.01. The Labute approximate surface area is 183 Å². The van der Waals surface area contributed by atoms with Crippen molar-refractivity contribution in [2.75, 3.05) is 0 Å². The minimum atomic E-state index is -4.94. The van der Waals surface area contributed by atoms with Crippen molar-refractivity contribution in [2.24, 2.45) is 15.4 Å². The molecule has 5 aliphatic rings. The maximum atomic E-state index is 8.49. The molecule has 0 amide bonds. The molecule has 8 nitrogen and oxygen atoms in total. The summed E-state index contributed by atoms with van der Waals surface area (Å²) in [6, 6.07) is 0.0408. The minimum Gasteiger partial charge on any atom is -0.309 e. The van der Waals surface area contributed by atoms with Crippen molar-refractivity contribution in [1.82, 2.24) is 9.80 Å². The van der Waals surface area contributed by atoms with Crippen molar-refractivity contribution < 1.29 is 28.9 Å². The van der Waals surface area contributed by atoms with Crippen LogP contribution in [0.5, 0.6) is 0 Å². The molecule has 162 valence electrons. The summed E-state index contributed by atoms with van der Waals surface area (Å²) in [6.07, 6.45) is 19.4. The zero-order valence-electron chi connectivity index (χ0n) is 17.6. The van der Waals surface area contributed by atoms with Crippen LogP contribution in [0.2, 0.25) is 0 Å². The third kappa shape index (κ3) is 4.34. The summed E-state index contributed by atoms with van der Waals surface area (Å²) >= 11 is 0. The number of allylic oxidation sites excluding steroid dienone is 5. The smallest absolute Gasteiger partial charge is 0.137 e. The van der Waals surface area contributed by atoms with Gasteiger partial charge in [-0.25, -0.2) is 23.6 Å². The van der Waals surface area contributed by atoms with E-state index in [1.165, 1.54) is 22.3 Å². The maximum absolute atomic E-state index is 8.49. The van der Waals surface area contributed by atoms with Crippen LogP contribution in [0.1, 0.15) is 27.7 Å². The molecule has 5 rings (SSSR count). The summed E-state index contributed by atoms with van der Waals surface area (Å²) in [6.45, 7) is 8.75. The first-order valence-electron chi connectivity index (χ1n) is 9.66. The van der Waals surface area contributed by atoms with Crippen LogP contribution in [0.15, 0.2) is 93.2 Å². The van der Waals surface area contributed by atoms with Crippen LogP contribution in [0.25, 0.3) is 0 Å². The molecule has 0 saturated carbocycles. The topological polar surface area (TPSA) is 123 Å². The van der Waals surface area contributed by atoms with Gasteiger partial charge in [0, 0.05) is 35.8 Å². The highest BCUT2D eigenvalue weighted by Gasteiger charge is 2.42. The largest absolute Gasteiger partial charge is 0.309 e. The summed E-state index contributed by atoms with van der Waals surface area (Å²) in [5.41, 5.74) is 5.91. The molecule has 1 atom stereocenters. The average Bonchev–Trinajstić information content (AvgIpc) is 2.64. The standard InChI is InChI=1S/C22H22N4.ClHO4/c1-14-5-7-25-12-16-18(23-20(25)9-14)11-19-17(22(16,3)4)13-26-8-6-15(2)10-21(26)24-19;2-1(3,4)5/h5-13,18H,1-4H3;(H,2,3,4,5)/p-1. The van der Waals surface area contributed by atoms with E-state index in [0.29, 0.717) is 0 Å². The molecule has 0 bridgehead atoms. The van der Waals surface area contributed by atoms with E-state index in [0.717, 1.165) is 17.4 Å². The Bertz CT molecular complexity index is 1090. The molecule has 4 aliphatic heterocycles. The summed E-state index contributed by atoms with van der Waals surface area (Å²) < 4.78 is 34.0. The molecule has 0 aromatic carbocycles. The average molecular weight is 442 g/mol. The van der Waals surface area contributed by atoms with Crippen molar-refractivity contribution in [3.8, 4) is 0 Å². The Balaban J connectivity index is 0.000000418. The Morgan fingerprint density at radius 2 is 1.45 bits per heavy atom. The Morgan fingerprint density at radius 1 is 0.903 bits per heavy atom. The van der Waals surface area contributed by atoms with Gasteiger partial charge >= 0.3 is 0 Å². The highest BCUT2D eigenvalue weighted by Crippen LogP contribution is 2.48. The van der Waals surface area contributed by atoms with Gasteiger partial charge in [0.2, 0.25) is 0 Å². The van der Waals surface area contributed by atoms with E-state index in [-0.39, 0.29) is 11.5 Å². The first-order valence-corrected chi connectivity index (χ1v) is 10.9. The van der Waals surface area contributed by atoms with Crippen molar-refractivity contribution in [3.63, 3.8) is 0 Å².